The van der Waals surface area contributed by atoms with Gasteiger partial charge in [0.2, 0.25) is 0 Å². The summed E-state index contributed by atoms with van der Waals surface area (Å²) in [5.41, 5.74) is 0. The molecule has 1 aliphatic carbocycles. The summed E-state index contributed by atoms with van der Waals surface area (Å²) in [6.45, 7) is 3.26. The first-order chi connectivity index (χ1) is 9.91. The number of rotatable bonds is 4. The highest BCUT2D eigenvalue weighted by atomic mass is 35.5. The molecule has 2 aliphatic heterocycles. The maximum Gasteiger partial charge on any atom is 0.104 e. The van der Waals surface area contributed by atoms with Crippen molar-refractivity contribution >= 4 is 69.6 Å². The molecule has 0 spiro atoms. The molecule has 1 saturated carbocycles. The minimum atomic E-state index is -0.437. The zero-order valence-electron chi connectivity index (χ0n) is 10.9. The van der Waals surface area contributed by atoms with Crippen molar-refractivity contribution in [3.8, 4) is 0 Å². The van der Waals surface area contributed by atoms with E-state index in [4.69, 9.17) is 83.8 Å². The van der Waals surface area contributed by atoms with Crippen LogP contribution in [-0.2, 0) is 14.2 Å². The van der Waals surface area contributed by atoms with Gasteiger partial charge in [-0.1, -0.05) is 0 Å². The van der Waals surface area contributed by atoms with E-state index in [1.54, 1.807) is 0 Å². The maximum absolute atomic E-state index is 5.88. The van der Waals surface area contributed by atoms with Crippen molar-refractivity contribution in [1.82, 2.24) is 0 Å². The molecule has 0 bridgehead atoms. The lowest BCUT2D eigenvalue weighted by Crippen LogP contribution is -2.52. The second kappa shape index (κ2) is 8.64. The van der Waals surface area contributed by atoms with Crippen LogP contribution < -0.4 is 0 Å². The molecule has 0 N–H and O–H groups in total. The summed E-state index contributed by atoms with van der Waals surface area (Å²) in [6.07, 6.45) is 0.785. The second-order valence-electron chi connectivity index (χ2n) is 5.11. The molecule has 9 heteroatoms. The molecular formula is C12H16Cl6O3. The van der Waals surface area contributed by atoms with E-state index in [-0.39, 0.29) is 0 Å². The molecule has 21 heavy (non-hydrogen) atoms. The molecule has 124 valence electrons. The molecule has 0 amide bonds. The van der Waals surface area contributed by atoms with Crippen molar-refractivity contribution < 1.29 is 14.2 Å². The molecule has 0 radical (unpaired) electrons. The first-order valence-electron chi connectivity index (χ1n) is 6.57. The summed E-state index contributed by atoms with van der Waals surface area (Å²) in [6, 6.07) is 0. The fraction of sp³-hybridized carbons (Fsp3) is 1.00. The molecule has 3 fully saturated rings. The first kappa shape index (κ1) is 19.0. The van der Waals surface area contributed by atoms with Gasteiger partial charge in [0.1, 0.15) is 12.2 Å². The van der Waals surface area contributed by atoms with E-state index in [9.17, 15) is 0 Å². The van der Waals surface area contributed by atoms with Gasteiger partial charge >= 0.3 is 0 Å². The summed E-state index contributed by atoms with van der Waals surface area (Å²) >= 11 is 35.3. The van der Waals surface area contributed by atoms with Gasteiger partial charge in [0.05, 0.1) is 58.7 Å². The lowest BCUT2D eigenvalue weighted by molar-refractivity contribution is 0.102. The van der Waals surface area contributed by atoms with Gasteiger partial charge in [0, 0.05) is 0 Å². The Kier molecular flexibility index (Phi) is 7.80. The smallest absolute Gasteiger partial charge is 0.104 e. The SMILES string of the molecule is C(OCC1CO1)C1CO1.Cl[C@H]1[C@H](Cl)[C@@H](Cl)[C@@H](Cl)[C@H](Cl)[C@H]1Cl. The molecule has 3 aliphatic rings. The summed E-state index contributed by atoms with van der Waals surface area (Å²) in [5, 5.41) is -2.62. The van der Waals surface area contributed by atoms with Crippen LogP contribution in [0.25, 0.3) is 0 Å². The highest BCUT2D eigenvalue weighted by Crippen LogP contribution is 2.39. The van der Waals surface area contributed by atoms with E-state index in [1.165, 1.54) is 0 Å². The molecule has 0 aromatic rings. The quantitative estimate of drug-likeness (QED) is 0.516. The van der Waals surface area contributed by atoms with Crippen molar-refractivity contribution in [1.29, 1.82) is 0 Å². The van der Waals surface area contributed by atoms with Crippen molar-refractivity contribution in [2.24, 2.45) is 0 Å². The van der Waals surface area contributed by atoms with Gasteiger partial charge < -0.3 is 14.2 Å². The lowest BCUT2D eigenvalue weighted by atomic mass is 9.97. The average molecular weight is 421 g/mol. The van der Waals surface area contributed by atoms with Gasteiger partial charge in [-0.2, -0.15) is 0 Å². The fourth-order valence-corrected chi connectivity index (χ4v) is 4.04. The Bertz CT molecular complexity index is 258. The predicted octanol–water partition coefficient (Wildman–Crippen LogP) is 3.45. The van der Waals surface area contributed by atoms with Gasteiger partial charge in [-0.05, 0) is 0 Å². The Hall–Kier alpha value is 1.62. The molecule has 3 rings (SSSR count). The maximum atomic E-state index is 5.88. The van der Waals surface area contributed by atoms with Gasteiger partial charge in [-0.3, -0.25) is 0 Å². The highest BCUT2D eigenvalue weighted by Gasteiger charge is 2.46. The van der Waals surface area contributed by atoms with Crippen molar-refractivity contribution in [3.63, 3.8) is 0 Å². The Morgan fingerprint density at radius 2 is 0.857 bits per heavy atom. The van der Waals surface area contributed by atoms with Crippen LogP contribution in [-0.4, -0.2) is 70.9 Å². The van der Waals surface area contributed by atoms with Crippen LogP contribution in [0.3, 0.4) is 0 Å². The number of epoxide rings is 2. The van der Waals surface area contributed by atoms with Gasteiger partial charge in [-0.15, -0.1) is 69.6 Å². The molecule has 2 unspecified atom stereocenters. The molecule has 3 nitrogen and oxygen atoms in total. The van der Waals surface area contributed by atoms with Crippen LogP contribution in [0.4, 0.5) is 0 Å². The zero-order chi connectivity index (χ0) is 15.6. The zero-order valence-corrected chi connectivity index (χ0v) is 15.5. The van der Waals surface area contributed by atoms with Crippen molar-refractivity contribution in [3.05, 3.63) is 0 Å². The van der Waals surface area contributed by atoms with E-state index >= 15 is 0 Å². The largest absolute Gasteiger partial charge is 0.376 e. The Morgan fingerprint density at radius 1 is 0.619 bits per heavy atom. The Balaban J connectivity index is 0.000000159. The van der Waals surface area contributed by atoms with Gasteiger partial charge in [0.15, 0.2) is 0 Å². The normalized spacial score (nSPS) is 48.3. The minimum Gasteiger partial charge on any atom is -0.376 e. The van der Waals surface area contributed by atoms with Crippen LogP contribution in [0, 0.1) is 0 Å². The minimum absolute atomic E-state index is 0.392. The lowest BCUT2D eigenvalue weighted by Gasteiger charge is -2.37. The number of alkyl halides is 6. The number of halogens is 6. The van der Waals surface area contributed by atoms with Gasteiger partial charge in [0.25, 0.3) is 0 Å². The highest BCUT2D eigenvalue weighted by molar-refractivity contribution is 6.45. The molecule has 2 saturated heterocycles. The van der Waals surface area contributed by atoms with E-state index in [1.807, 2.05) is 0 Å². The van der Waals surface area contributed by atoms with Crippen LogP contribution in [0.1, 0.15) is 0 Å². The fourth-order valence-electron chi connectivity index (χ4n) is 1.71. The standard InChI is InChI=1S/C6H6Cl6.C6H10O3/c7-1-2(8)4(10)6(12)5(11)3(1)9;1(5-3-8-5)7-2-6-4-9-6/h1-6H;5-6H,1-4H2/t1-,2-,3-,4+,5+,6+;. The van der Waals surface area contributed by atoms with Crippen LogP contribution in [0.2, 0.25) is 0 Å². The number of hydrogen-bond acceptors (Lipinski definition) is 3. The van der Waals surface area contributed by atoms with Crippen molar-refractivity contribution in [2.75, 3.05) is 26.4 Å². The third-order valence-corrected chi connectivity index (χ3v) is 7.27. The molecule has 2 atom stereocenters. The molecule has 2 heterocycles. The topological polar surface area (TPSA) is 34.3 Å². The monoisotopic (exact) mass is 418 g/mol. The average Bonchev–Trinajstić information content (AvgIpc) is 3.36. The van der Waals surface area contributed by atoms with Crippen LogP contribution >= 0.6 is 69.6 Å². The predicted molar refractivity (Wildman–Crippen MR) is 88.1 cm³/mol. The Labute approximate surface area is 154 Å². The third-order valence-electron chi connectivity index (χ3n) is 3.24. The molecule has 0 aromatic carbocycles. The first-order valence-corrected chi connectivity index (χ1v) is 9.19. The molecular weight excluding hydrogens is 405 g/mol. The third kappa shape index (κ3) is 5.88. The van der Waals surface area contributed by atoms with E-state index in [2.05, 4.69) is 0 Å². The summed E-state index contributed by atoms with van der Waals surface area (Å²) in [7, 11) is 0. The summed E-state index contributed by atoms with van der Waals surface area (Å²) < 4.78 is 15.1. The summed E-state index contributed by atoms with van der Waals surface area (Å²) in [4.78, 5) is 0. The van der Waals surface area contributed by atoms with E-state index in [0.29, 0.717) is 12.2 Å². The van der Waals surface area contributed by atoms with Crippen LogP contribution in [0.15, 0.2) is 0 Å². The van der Waals surface area contributed by atoms with Crippen LogP contribution in [0.5, 0.6) is 0 Å². The van der Waals surface area contributed by atoms with E-state index in [0.717, 1.165) is 26.4 Å². The number of hydrogen-bond donors (Lipinski definition) is 0. The summed E-state index contributed by atoms with van der Waals surface area (Å²) in [5.74, 6) is 0. The van der Waals surface area contributed by atoms with Crippen molar-refractivity contribution in [2.45, 2.75) is 44.5 Å². The van der Waals surface area contributed by atoms with Gasteiger partial charge in [-0.25, -0.2) is 0 Å². The second-order valence-corrected chi connectivity index (χ2v) is 8.14. The Morgan fingerprint density at radius 3 is 1.05 bits per heavy atom. The van der Waals surface area contributed by atoms with E-state index < -0.39 is 32.3 Å². The number of ether oxygens (including phenoxy) is 3. The molecule has 0 aromatic heterocycles.